The molecular weight excluding hydrogens is 1240 g/mol. The van der Waals surface area contributed by atoms with Gasteiger partial charge in [0.1, 0.15) is 0 Å². The average Bonchev–Trinajstić information content (AvgIpc) is 4.28. The first-order valence-electron chi connectivity index (χ1n) is 27.4. The van der Waals surface area contributed by atoms with E-state index in [9.17, 15) is 0 Å². The maximum absolute atomic E-state index is 5.82. The lowest BCUT2D eigenvalue weighted by atomic mass is 10.7. The Kier molecular flexibility index (Phi) is 21.5. The predicted octanol–water partition coefficient (Wildman–Crippen LogP) is 4.75. The van der Waals surface area contributed by atoms with Crippen molar-refractivity contribution in [2.24, 2.45) is 54.2 Å². The molecule has 9 spiro atoms. The van der Waals surface area contributed by atoms with Crippen LogP contribution in [0.25, 0.3) is 0 Å². The van der Waals surface area contributed by atoms with Crippen LogP contribution < -0.4 is 122 Å². The van der Waals surface area contributed by atoms with E-state index in [0.29, 0.717) is 105 Å². The molecule has 450 valence electrons. The molecule has 10 rings (SSSR count). The normalized spacial score (nSPS) is 30.4. The summed E-state index contributed by atoms with van der Waals surface area (Å²) < 4.78 is 66.5. The number of hydrogen-bond donors (Lipinski definition) is 24. The molecule has 0 aromatic carbocycles. The summed E-state index contributed by atoms with van der Waals surface area (Å²) in [5.41, 5.74) is 0. The fourth-order valence-electron chi connectivity index (χ4n) is 9.79. The van der Waals surface area contributed by atoms with E-state index in [1.165, 1.54) is 0 Å². The molecule has 24 N–H and O–H groups in total. The van der Waals surface area contributed by atoms with E-state index in [4.69, 9.17) is 54.2 Å². The molecule has 0 aromatic rings. The number of rotatable bonds is 12. The highest BCUT2D eigenvalue weighted by molar-refractivity contribution is 7.86. The SMILES string of the molecule is CCNP1(NCC)=NP(NCC)(NCC)=NP2(=N1)NCCNP1(=NP3(=NP4(=N1)NCCNP1(=NP5(=NP6(=N1)NCCN6)NCCN5)NCCN4)NCCNP1(=NP(NCC)(NCC)=NP4(=N1)NCCN4)NCCN3)NCCN2. The lowest BCUT2D eigenvalue weighted by Crippen LogP contribution is -2.41. The fraction of sp³-hybridized carbons (Fsp3) is 1.00. The number of hydrogen-bond acceptors (Lipinski definition) is 36. The Hall–Kier alpha value is 1.80. The third kappa shape index (κ3) is 14.4. The maximum Gasteiger partial charge on any atom is 0.216 e. The minimum Gasteiger partial charge on any atom is -0.254 e. The smallest absolute Gasteiger partial charge is 0.216 e. The lowest BCUT2D eigenvalue weighted by molar-refractivity contribution is 0.753. The molecule has 10 heterocycles. The van der Waals surface area contributed by atoms with E-state index in [1.54, 1.807) is 0 Å². The van der Waals surface area contributed by atoms with Gasteiger partial charge in [0.2, 0.25) is 90.1 Å². The lowest BCUT2D eigenvalue weighted by Gasteiger charge is -2.40. The number of nitrogens with zero attached hydrogens (tertiary/aromatic N) is 12. The molecule has 36 nitrogen and oxygen atoms in total. The summed E-state index contributed by atoms with van der Waals surface area (Å²) >= 11 is 0. The zero-order valence-corrected chi connectivity index (χ0v) is 56.4. The summed E-state index contributed by atoms with van der Waals surface area (Å²) in [6.45, 7) is 28.2. The summed E-state index contributed by atoms with van der Waals surface area (Å²) in [5.74, 6) is 0. The van der Waals surface area contributed by atoms with Crippen LogP contribution in [0.3, 0.4) is 0 Å². The van der Waals surface area contributed by atoms with Crippen molar-refractivity contribution in [2.75, 3.05) is 157 Å². The van der Waals surface area contributed by atoms with E-state index >= 15 is 0 Å². The summed E-state index contributed by atoms with van der Waals surface area (Å²) in [4.78, 5) is 0. The molecular formula is C30H90N36P12. The fourth-order valence-corrected chi connectivity index (χ4v) is 57.1. The Balaban J connectivity index is 0.991. The van der Waals surface area contributed by atoms with Crippen LogP contribution in [0.5, 0.6) is 0 Å². The molecule has 78 heavy (non-hydrogen) atoms. The predicted molar refractivity (Wildman–Crippen MR) is 338 cm³/mol. The van der Waals surface area contributed by atoms with Crippen molar-refractivity contribution in [2.45, 2.75) is 41.5 Å². The van der Waals surface area contributed by atoms with Crippen molar-refractivity contribution < 1.29 is 0 Å². The monoisotopic (exact) mass is 1330 g/mol. The van der Waals surface area contributed by atoms with Crippen LogP contribution in [-0.2, 0) is 0 Å². The topological polar surface area (TPSA) is 437 Å². The van der Waals surface area contributed by atoms with Crippen LogP contribution in [0.2, 0.25) is 0 Å². The van der Waals surface area contributed by atoms with Crippen LogP contribution in [0.4, 0.5) is 0 Å². The molecule has 0 bridgehead atoms. The van der Waals surface area contributed by atoms with Crippen molar-refractivity contribution in [1.29, 1.82) is 0 Å². The summed E-state index contributed by atoms with van der Waals surface area (Å²) in [6.07, 6.45) is 0. The van der Waals surface area contributed by atoms with Crippen molar-refractivity contribution >= 4 is 90.1 Å². The standard InChI is InChI=1S/C30H90N36P12/c1-7-31-67(32-8-2)55-68(33-9-3,34-10-4)57-70(56-67)37-13-19-43-73(44-20-14-38-70)61-74(45-21-17-41-72(42-18-22-46-74)59-69(35-11-5,36-12-6)58-71(60-72)39-15-16-40-71)63-75(62-73)47-23-25-49-76(50-26-24-48-75)64-77(51-27-28-52-77)66-78(65-76)53-29-30-54-78/h31-54H,7-30H2,1-6H3. The molecule has 10 aliphatic heterocycles. The van der Waals surface area contributed by atoms with Gasteiger partial charge in [-0.05, 0) is 0 Å². The molecule has 0 radical (unpaired) electrons. The van der Waals surface area contributed by atoms with E-state index in [-0.39, 0.29) is 0 Å². The third-order valence-corrected chi connectivity index (χ3v) is 53.8. The van der Waals surface area contributed by atoms with Gasteiger partial charge in [0.05, 0.1) is 0 Å². The second-order valence-electron chi connectivity index (χ2n) is 18.7. The molecule has 0 unspecified atom stereocenters. The first-order valence-corrected chi connectivity index (χ1v) is 47.7. The molecule has 48 heteroatoms. The Labute approximate surface area is 462 Å². The Bertz CT molecular complexity index is 2780. The Morgan fingerprint density at radius 3 is 0.500 bits per heavy atom. The largest absolute Gasteiger partial charge is 0.254 e. The maximum atomic E-state index is 5.82. The van der Waals surface area contributed by atoms with Gasteiger partial charge < -0.3 is 0 Å². The van der Waals surface area contributed by atoms with Gasteiger partial charge in [0.25, 0.3) is 0 Å². The van der Waals surface area contributed by atoms with Crippen molar-refractivity contribution in [1.82, 2.24) is 122 Å². The zero-order valence-electron chi connectivity index (χ0n) is 45.7. The minimum absolute atomic E-state index is 0.519. The molecule has 10 aliphatic rings. The Morgan fingerprint density at radius 1 is 0.192 bits per heavy atom. The van der Waals surface area contributed by atoms with Crippen molar-refractivity contribution in [3.05, 3.63) is 0 Å². The Morgan fingerprint density at radius 2 is 0.321 bits per heavy atom. The molecule has 0 aromatic heterocycles. The zero-order chi connectivity index (χ0) is 54.4. The van der Waals surface area contributed by atoms with Crippen LogP contribution in [0.15, 0.2) is 54.2 Å². The van der Waals surface area contributed by atoms with Crippen LogP contribution >= 0.6 is 90.1 Å². The minimum atomic E-state index is -2.98. The second kappa shape index (κ2) is 26.6. The second-order valence-corrected chi connectivity index (χ2v) is 49.3. The van der Waals surface area contributed by atoms with Crippen molar-refractivity contribution in [3.8, 4) is 0 Å². The summed E-state index contributed by atoms with van der Waals surface area (Å²) in [6, 6.07) is 0. The van der Waals surface area contributed by atoms with E-state index in [0.717, 1.165) is 52.4 Å². The number of nitrogens with one attached hydrogen (secondary N) is 24. The van der Waals surface area contributed by atoms with Gasteiger partial charge in [0.15, 0.2) is 0 Å². The first-order chi connectivity index (χ1) is 37.7. The van der Waals surface area contributed by atoms with Gasteiger partial charge >= 0.3 is 0 Å². The summed E-state index contributed by atoms with van der Waals surface area (Å²) in [5, 5.41) is 91.0. The van der Waals surface area contributed by atoms with Gasteiger partial charge in [0, 0.05) is 157 Å². The van der Waals surface area contributed by atoms with Gasteiger partial charge in [-0.15, -0.1) is 0 Å². The quantitative estimate of drug-likeness (QED) is 0.117. The van der Waals surface area contributed by atoms with Gasteiger partial charge in [-0.3, -0.25) is 122 Å². The molecule has 0 saturated carbocycles. The van der Waals surface area contributed by atoms with Crippen LogP contribution in [0, 0.1) is 0 Å². The molecule has 0 aliphatic carbocycles. The van der Waals surface area contributed by atoms with Crippen LogP contribution in [0.1, 0.15) is 41.5 Å². The van der Waals surface area contributed by atoms with E-state index in [2.05, 4.69) is 164 Å². The average molecular weight is 1330 g/mol. The van der Waals surface area contributed by atoms with E-state index in [1.807, 2.05) is 0 Å². The van der Waals surface area contributed by atoms with Gasteiger partial charge in [-0.2, -0.15) is 54.2 Å². The van der Waals surface area contributed by atoms with Crippen LogP contribution in [-0.4, -0.2) is 157 Å². The third-order valence-electron chi connectivity index (χ3n) is 12.5. The van der Waals surface area contributed by atoms with E-state index < -0.39 is 90.1 Å². The highest BCUT2D eigenvalue weighted by Gasteiger charge is 2.44. The molecule has 6 saturated heterocycles. The first kappa shape index (κ1) is 62.8. The highest BCUT2D eigenvalue weighted by atomic mass is 31.3. The highest BCUT2D eigenvalue weighted by Crippen LogP contribution is 2.75. The molecule has 6 fully saturated rings. The van der Waals surface area contributed by atoms with Crippen molar-refractivity contribution in [3.63, 3.8) is 0 Å². The molecule has 0 amide bonds. The molecule has 0 atom stereocenters. The van der Waals surface area contributed by atoms with Gasteiger partial charge in [-0.25, -0.2) is 0 Å². The van der Waals surface area contributed by atoms with Gasteiger partial charge in [-0.1, -0.05) is 41.5 Å². The summed E-state index contributed by atoms with van der Waals surface area (Å²) in [7, 11) is -32.0.